The fraction of sp³-hybridized carbons (Fsp3) is 0.417. The van der Waals surface area contributed by atoms with Crippen LogP contribution in [0.5, 0.6) is 11.5 Å². The Bertz CT molecular complexity index is 950. The van der Waals surface area contributed by atoms with Gasteiger partial charge < -0.3 is 19.1 Å². The summed E-state index contributed by atoms with van der Waals surface area (Å²) >= 11 is 0. The highest BCUT2D eigenvalue weighted by atomic mass is 19.1. The van der Waals surface area contributed by atoms with E-state index in [9.17, 15) is 14.0 Å². The first-order valence-electron chi connectivity index (χ1n) is 10.5. The van der Waals surface area contributed by atoms with E-state index in [1.165, 1.54) is 32.4 Å². The maximum atomic E-state index is 13.2. The number of methoxy groups -OCH3 is 2. The zero-order valence-electron chi connectivity index (χ0n) is 18.8. The van der Waals surface area contributed by atoms with Crippen LogP contribution in [0.25, 0.3) is 0 Å². The van der Waals surface area contributed by atoms with Gasteiger partial charge in [0.15, 0.2) is 6.61 Å². The molecule has 0 N–H and O–H groups in total. The van der Waals surface area contributed by atoms with E-state index in [1.807, 2.05) is 6.92 Å². The minimum absolute atomic E-state index is 0.0151. The molecule has 1 aliphatic heterocycles. The van der Waals surface area contributed by atoms with Crippen LogP contribution in [0, 0.1) is 5.82 Å². The number of esters is 1. The predicted octanol–water partition coefficient (Wildman–Crippen LogP) is 3.12. The number of benzene rings is 2. The summed E-state index contributed by atoms with van der Waals surface area (Å²) < 4.78 is 28.8. The van der Waals surface area contributed by atoms with Crippen molar-refractivity contribution in [3.8, 4) is 11.5 Å². The van der Waals surface area contributed by atoms with Gasteiger partial charge in [0.25, 0.3) is 5.91 Å². The summed E-state index contributed by atoms with van der Waals surface area (Å²) in [7, 11) is 2.78. The Kier molecular flexibility index (Phi) is 7.69. The molecule has 2 aromatic carbocycles. The van der Waals surface area contributed by atoms with E-state index in [-0.39, 0.29) is 41.7 Å². The molecule has 3 rings (SSSR count). The molecule has 7 nitrogen and oxygen atoms in total. The van der Waals surface area contributed by atoms with Crippen LogP contribution >= 0.6 is 0 Å². The second-order valence-corrected chi connectivity index (χ2v) is 7.94. The van der Waals surface area contributed by atoms with Crippen molar-refractivity contribution in [2.45, 2.75) is 32.5 Å². The Balaban J connectivity index is 1.61. The summed E-state index contributed by atoms with van der Waals surface area (Å²) in [6, 6.07) is 11.4. The lowest BCUT2D eigenvalue weighted by atomic mass is 10.1. The van der Waals surface area contributed by atoms with Crippen LogP contribution in [0.1, 0.15) is 29.8 Å². The molecule has 1 fully saturated rings. The lowest BCUT2D eigenvalue weighted by Gasteiger charge is -2.44. The first-order valence-corrected chi connectivity index (χ1v) is 10.5. The molecular formula is C24H29FN2O5. The molecule has 1 saturated heterocycles. The summed E-state index contributed by atoms with van der Waals surface area (Å²) in [5, 5.41) is 0. The summed E-state index contributed by atoms with van der Waals surface area (Å²) in [4.78, 5) is 29.1. The van der Waals surface area contributed by atoms with Gasteiger partial charge in [-0.2, -0.15) is 0 Å². The lowest BCUT2D eigenvalue weighted by molar-refractivity contribution is -0.139. The van der Waals surface area contributed by atoms with Gasteiger partial charge in [0.1, 0.15) is 22.9 Å². The molecule has 1 heterocycles. The van der Waals surface area contributed by atoms with Gasteiger partial charge >= 0.3 is 5.97 Å². The van der Waals surface area contributed by atoms with E-state index >= 15 is 0 Å². The molecular weight excluding hydrogens is 415 g/mol. The van der Waals surface area contributed by atoms with Crippen LogP contribution < -0.4 is 9.47 Å². The number of halogens is 1. The second kappa shape index (κ2) is 10.5. The molecule has 32 heavy (non-hydrogen) atoms. The Morgan fingerprint density at radius 1 is 1.03 bits per heavy atom. The number of piperazine rings is 1. The maximum Gasteiger partial charge on any atom is 0.341 e. The molecule has 0 unspecified atom stereocenters. The van der Waals surface area contributed by atoms with Crippen molar-refractivity contribution >= 4 is 11.9 Å². The third-order valence-electron chi connectivity index (χ3n) is 5.68. The highest BCUT2D eigenvalue weighted by Crippen LogP contribution is 2.25. The van der Waals surface area contributed by atoms with Crippen molar-refractivity contribution in [2.75, 3.05) is 33.9 Å². The number of ether oxygens (including phenoxy) is 3. The van der Waals surface area contributed by atoms with Crippen molar-refractivity contribution in [2.24, 2.45) is 0 Å². The normalized spacial score (nSPS) is 18.8. The number of hydrogen-bond donors (Lipinski definition) is 0. The van der Waals surface area contributed by atoms with Gasteiger partial charge in [-0.3, -0.25) is 9.69 Å². The van der Waals surface area contributed by atoms with Gasteiger partial charge in [-0.05, 0) is 49.7 Å². The molecule has 172 valence electrons. The minimum Gasteiger partial charge on any atom is -0.497 e. The zero-order valence-corrected chi connectivity index (χ0v) is 18.8. The van der Waals surface area contributed by atoms with Crippen LogP contribution in [0.4, 0.5) is 4.39 Å². The van der Waals surface area contributed by atoms with E-state index in [0.29, 0.717) is 25.4 Å². The molecule has 0 spiro atoms. The van der Waals surface area contributed by atoms with Gasteiger partial charge in [0.2, 0.25) is 0 Å². The second-order valence-electron chi connectivity index (χ2n) is 7.94. The molecule has 1 amide bonds. The van der Waals surface area contributed by atoms with Gasteiger partial charge in [0, 0.05) is 31.7 Å². The number of rotatable bonds is 7. The number of nitrogens with zero attached hydrogens (tertiary/aromatic N) is 2. The largest absolute Gasteiger partial charge is 0.497 e. The summed E-state index contributed by atoms with van der Waals surface area (Å²) in [5.41, 5.74) is 1.23. The molecule has 8 heteroatoms. The highest BCUT2D eigenvalue weighted by molar-refractivity contribution is 5.93. The van der Waals surface area contributed by atoms with Gasteiger partial charge in [0.05, 0.1) is 14.2 Å². The molecule has 0 aromatic heterocycles. The average Bonchev–Trinajstić information content (AvgIpc) is 2.80. The maximum absolute atomic E-state index is 13.2. The summed E-state index contributed by atoms with van der Waals surface area (Å²) in [6.45, 7) is 5.81. The third-order valence-corrected chi connectivity index (χ3v) is 5.68. The quantitative estimate of drug-likeness (QED) is 0.612. The molecule has 2 aromatic rings. The summed E-state index contributed by atoms with van der Waals surface area (Å²) in [6.07, 6.45) is 0. The fourth-order valence-corrected chi connectivity index (χ4v) is 3.84. The van der Waals surface area contributed by atoms with Crippen molar-refractivity contribution in [3.05, 3.63) is 59.4 Å². The molecule has 0 saturated carbocycles. The SMILES string of the molecule is COC(=O)c1cc(OC)ccc1OCC(=O)N1C[C@@H](C)N(Cc2ccc(F)cc2)C[C@@H]1C. The molecule has 1 aliphatic rings. The van der Waals surface area contributed by atoms with E-state index < -0.39 is 5.97 Å². The number of carbonyl (C=O) groups excluding carboxylic acids is 2. The van der Waals surface area contributed by atoms with Gasteiger partial charge in [-0.15, -0.1) is 0 Å². The Morgan fingerprint density at radius 2 is 1.75 bits per heavy atom. The molecule has 0 bridgehead atoms. The topological polar surface area (TPSA) is 68.3 Å². The van der Waals surface area contributed by atoms with E-state index in [1.54, 1.807) is 29.2 Å². The Hall–Kier alpha value is -3.13. The Labute approximate surface area is 187 Å². The number of amides is 1. The highest BCUT2D eigenvalue weighted by Gasteiger charge is 2.32. The molecule has 0 aliphatic carbocycles. The number of carbonyl (C=O) groups is 2. The minimum atomic E-state index is -0.567. The van der Waals surface area contributed by atoms with Gasteiger partial charge in [-0.1, -0.05) is 12.1 Å². The predicted molar refractivity (Wildman–Crippen MR) is 117 cm³/mol. The monoisotopic (exact) mass is 444 g/mol. The zero-order chi connectivity index (χ0) is 23.3. The smallest absolute Gasteiger partial charge is 0.341 e. The van der Waals surface area contributed by atoms with E-state index in [0.717, 1.165) is 5.56 Å². The van der Waals surface area contributed by atoms with Crippen LogP contribution in [0.15, 0.2) is 42.5 Å². The standard InChI is InChI=1S/C24H29FN2O5/c1-16-13-27(17(2)12-26(16)14-18-5-7-19(25)8-6-18)23(28)15-32-22-10-9-20(30-3)11-21(22)24(29)31-4/h5-11,16-17H,12-15H2,1-4H3/t16-,17+/m1/s1. The van der Waals surface area contributed by atoms with E-state index in [4.69, 9.17) is 14.2 Å². The lowest BCUT2D eigenvalue weighted by Crippen LogP contribution is -2.58. The van der Waals surface area contributed by atoms with Crippen LogP contribution in [0.2, 0.25) is 0 Å². The van der Waals surface area contributed by atoms with Gasteiger partial charge in [-0.25, -0.2) is 9.18 Å². The number of hydrogen-bond acceptors (Lipinski definition) is 6. The van der Waals surface area contributed by atoms with Crippen LogP contribution in [-0.4, -0.2) is 67.7 Å². The van der Waals surface area contributed by atoms with Crippen LogP contribution in [-0.2, 0) is 16.1 Å². The van der Waals surface area contributed by atoms with Crippen LogP contribution in [0.3, 0.4) is 0 Å². The molecule has 0 radical (unpaired) electrons. The van der Waals surface area contributed by atoms with Crippen molar-refractivity contribution in [1.82, 2.24) is 9.80 Å². The average molecular weight is 445 g/mol. The Morgan fingerprint density at radius 3 is 2.41 bits per heavy atom. The summed E-state index contributed by atoms with van der Waals surface area (Å²) in [5.74, 6) is -0.219. The van der Waals surface area contributed by atoms with Crippen molar-refractivity contribution in [1.29, 1.82) is 0 Å². The fourth-order valence-electron chi connectivity index (χ4n) is 3.84. The van der Waals surface area contributed by atoms with Crippen molar-refractivity contribution in [3.63, 3.8) is 0 Å². The first kappa shape index (κ1) is 23.5. The van der Waals surface area contributed by atoms with Crippen molar-refractivity contribution < 1.29 is 28.2 Å². The molecule has 2 atom stereocenters. The third kappa shape index (κ3) is 5.56. The first-order chi connectivity index (χ1) is 15.3. The van der Waals surface area contributed by atoms with E-state index in [2.05, 4.69) is 11.8 Å².